The molecule has 0 radical (unpaired) electrons. The number of ether oxygens (including phenoxy) is 1. The number of nitrogens with zero attached hydrogens (tertiary/aromatic N) is 5. The summed E-state index contributed by atoms with van der Waals surface area (Å²) in [6.45, 7) is 14.8. The number of guanidine groups is 1. The second kappa shape index (κ2) is 11.9. The summed E-state index contributed by atoms with van der Waals surface area (Å²) in [5.41, 5.74) is 0. The number of nitrogens with one attached hydrogen (secondary N) is 2. The molecule has 0 aliphatic carbocycles. The zero-order valence-corrected chi connectivity index (χ0v) is 16.6. The summed E-state index contributed by atoms with van der Waals surface area (Å²) in [5, 5.41) is 15.0. The van der Waals surface area contributed by atoms with Crippen LogP contribution in [0.2, 0.25) is 0 Å². The average Bonchev–Trinajstić information content (AvgIpc) is 3.11. The van der Waals surface area contributed by atoms with Crippen molar-refractivity contribution in [3.63, 3.8) is 0 Å². The maximum absolute atomic E-state index is 5.39. The van der Waals surface area contributed by atoms with Gasteiger partial charge in [-0.1, -0.05) is 20.8 Å². The molecule has 2 N–H and O–H groups in total. The van der Waals surface area contributed by atoms with Crippen LogP contribution in [-0.4, -0.2) is 78.1 Å². The summed E-state index contributed by atoms with van der Waals surface area (Å²) in [6.07, 6.45) is 3.79. The van der Waals surface area contributed by atoms with Gasteiger partial charge in [0, 0.05) is 45.7 Å². The van der Waals surface area contributed by atoms with E-state index in [-0.39, 0.29) is 0 Å². The Morgan fingerprint density at radius 3 is 2.73 bits per heavy atom. The monoisotopic (exact) mass is 365 g/mol. The van der Waals surface area contributed by atoms with Crippen molar-refractivity contribution in [2.45, 2.75) is 40.2 Å². The van der Waals surface area contributed by atoms with Crippen molar-refractivity contribution in [3.05, 3.63) is 12.2 Å². The molecule has 0 saturated carbocycles. The van der Waals surface area contributed by atoms with Crippen LogP contribution in [-0.2, 0) is 17.7 Å². The summed E-state index contributed by atoms with van der Waals surface area (Å²) in [7, 11) is 0. The van der Waals surface area contributed by atoms with Crippen LogP contribution in [0.15, 0.2) is 11.3 Å². The third-order valence-electron chi connectivity index (χ3n) is 4.32. The first kappa shape index (κ1) is 20.6. The fourth-order valence-electron chi connectivity index (χ4n) is 2.82. The Morgan fingerprint density at radius 2 is 2.00 bits per heavy atom. The van der Waals surface area contributed by atoms with Crippen LogP contribution < -0.4 is 10.6 Å². The van der Waals surface area contributed by atoms with Gasteiger partial charge in [-0.2, -0.15) is 0 Å². The van der Waals surface area contributed by atoms with E-state index in [1.165, 1.54) is 0 Å². The molecule has 8 heteroatoms. The normalized spacial score (nSPS) is 16.2. The van der Waals surface area contributed by atoms with Gasteiger partial charge in [-0.15, -0.1) is 10.2 Å². The van der Waals surface area contributed by atoms with Crippen LogP contribution in [0, 0.1) is 5.92 Å². The highest BCUT2D eigenvalue weighted by Crippen LogP contribution is 1.98. The predicted molar refractivity (Wildman–Crippen MR) is 104 cm³/mol. The number of hydrogen-bond acceptors (Lipinski definition) is 5. The van der Waals surface area contributed by atoms with E-state index in [9.17, 15) is 0 Å². The number of hydrogen-bond donors (Lipinski definition) is 2. The molecular formula is C18H35N7O. The Kier molecular flexibility index (Phi) is 9.41. The first-order chi connectivity index (χ1) is 12.7. The predicted octanol–water partition coefficient (Wildman–Crippen LogP) is 0.754. The Labute approximate surface area is 157 Å². The number of rotatable bonds is 10. The lowest BCUT2D eigenvalue weighted by molar-refractivity contribution is 0.0376. The van der Waals surface area contributed by atoms with Crippen molar-refractivity contribution >= 4 is 5.96 Å². The van der Waals surface area contributed by atoms with Crippen LogP contribution in [0.4, 0.5) is 0 Å². The van der Waals surface area contributed by atoms with Gasteiger partial charge in [-0.25, -0.2) is 0 Å². The van der Waals surface area contributed by atoms with E-state index in [0.29, 0.717) is 5.92 Å². The Balaban J connectivity index is 1.71. The highest BCUT2D eigenvalue weighted by atomic mass is 16.5. The summed E-state index contributed by atoms with van der Waals surface area (Å²) >= 11 is 0. The molecule has 0 unspecified atom stereocenters. The molecule has 148 valence electrons. The van der Waals surface area contributed by atoms with Crippen LogP contribution >= 0.6 is 0 Å². The van der Waals surface area contributed by atoms with Crippen LogP contribution in [0.1, 0.15) is 33.0 Å². The van der Waals surface area contributed by atoms with Gasteiger partial charge in [0.25, 0.3) is 0 Å². The van der Waals surface area contributed by atoms with Gasteiger partial charge >= 0.3 is 0 Å². The molecule has 0 bridgehead atoms. The molecule has 0 aromatic carbocycles. The Hall–Kier alpha value is -1.67. The van der Waals surface area contributed by atoms with Crippen molar-refractivity contribution in [1.29, 1.82) is 0 Å². The van der Waals surface area contributed by atoms with Gasteiger partial charge in [-0.05, 0) is 18.9 Å². The number of aliphatic imine (C=N–C) groups is 1. The summed E-state index contributed by atoms with van der Waals surface area (Å²) < 4.78 is 7.48. The number of aromatic nitrogens is 3. The Bertz CT molecular complexity index is 523. The van der Waals surface area contributed by atoms with Gasteiger partial charge in [0.05, 0.1) is 13.2 Å². The van der Waals surface area contributed by atoms with Gasteiger partial charge in [0.15, 0.2) is 5.96 Å². The molecule has 1 aliphatic rings. The van der Waals surface area contributed by atoms with E-state index >= 15 is 0 Å². The third-order valence-corrected chi connectivity index (χ3v) is 4.32. The zero-order valence-electron chi connectivity index (χ0n) is 16.6. The quantitative estimate of drug-likeness (QED) is 0.362. The highest BCUT2D eigenvalue weighted by molar-refractivity contribution is 5.79. The van der Waals surface area contributed by atoms with Crippen LogP contribution in [0.3, 0.4) is 0 Å². The van der Waals surface area contributed by atoms with E-state index in [0.717, 1.165) is 83.7 Å². The van der Waals surface area contributed by atoms with Crippen LogP contribution in [0.25, 0.3) is 0 Å². The number of aryl methyl sites for hydroxylation is 1. The Morgan fingerprint density at radius 1 is 1.23 bits per heavy atom. The van der Waals surface area contributed by atoms with Crippen molar-refractivity contribution in [3.8, 4) is 0 Å². The minimum Gasteiger partial charge on any atom is -0.379 e. The summed E-state index contributed by atoms with van der Waals surface area (Å²) in [4.78, 5) is 7.15. The molecule has 2 rings (SSSR count). The maximum Gasteiger partial charge on any atom is 0.191 e. The van der Waals surface area contributed by atoms with E-state index in [1.807, 2.05) is 0 Å². The maximum atomic E-state index is 5.39. The van der Waals surface area contributed by atoms with Crippen molar-refractivity contribution in [2.24, 2.45) is 10.9 Å². The molecule has 1 aliphatic heterocycles. The lowest BCUT2D eigenvalue weighted by Crippen LogP contribution is -2.41. The SMILES string of the molecule is CCc1nncn1CCNC(=NCC(C)C)NCCCN1CCOCC1. The van der Waals surface area contributed by atoms with Crippen molar-refractivity contribution in [2.75, 3.05) is 52.5 Å². The largest absolute Gasteiger partial charge is 0.379 e. The minimum atomic E-state index is 0.548. The van der Waals surface area contributed by atoms with E-state index < -0.39 is 0 Å². The van der Waals surface area contributed by atoms with E-state index in [4.69, 9.17) is 4.74 Å². The lowest BCUT2D eigenvalue weighted by Gasteiger charge is -2.26. The topological polar surface area (TPSA) is 79.6 Å². The molecule has 0 spiro atoms. The molecule has 8 nitrogen and oxygen atoms in total. The molecule has 26 heavy (non-hydrogen) atoms. The molecule has 0 atom stereocenters. The number of morpholine rings is 1. The molecule has 2 heterocycles. The first-order valence-corrected chi connectivity index (χ1v) is 9.88. The third kappa shape index (κ3) is 7.70. The van der Waals surface area contributed by atoms with E-state index in [2.05, 4.69) is 56.1 Å². The van der Waals surface area contributed by atoms with Gasteiger partial charge in [-0.3, -0.25) is 9.89 Å². The van der Waals surface area contributed by atoms with E-state index in [1.54, 1.807) is 6.33 Å². The molecule has 1 aromatic rings. The van der Waals surface area contributed by atoms with Gasteiger partial charge < -0.3 is 19.9 Å². The summed E-state index contributed by atoms with van der Waals surface area (Å²) in [5.74, 6) is 2.46. The second-order valence-electron chi connectivity index (χ2n) is 7.04. The molecular weight excluding hydrogens is 330 g/mol. The molecule has 1 fully saturated rings. The molecule has 0 amide bonds. The van der Waals surface area contributed by atoms with Crippen LogP contribution in [0.5, 0.6) is 0 Å². The smallest absolute Gasteiger partial charge is 0.191 e. The second-order valence-corrected chi connectivity index (χ2v) is 7.04. The summed E-state index contributed by atoms with van der Waals surface area (Å²) in [6, 6.07) is 0. The van der Waals surface area contributed by atoms with Crippen molar-refractivity contribution < 1.29 is 4.74 Å². The average molecular weight is 366 g/mol. The van der Waals surface area contributed by atoms with Gasteiger partial charge in [0.2, 0.25) is 0 Å². The first-order valence-electron chi connectivity index (χ1n) is 9.88. The molecule has 1 saturated heterocycles. The zero-order chi connectivity index (χ0) is 18.6. The van der Waals surface area contributed by atoms with Gasteiger partial charge in [0.1, 0.15) is 12.2 Å². The fraction of sp³-hybridized carbons (Fsp3) is 0.833. The van der Waals surface area contributed by atoms with Crippen molar-refractivity contribution in [1.82, 2.24) is 30.3 Å². The highest BCUT2D eigenvalue weighted by Gasteiger charge is 2.09. The molecule has 1 aromatic heterocycles. The standard InChI is InChI=1S/C18H35N7O/c1-4-17-23-22-15-25(17)9-7-20-18(21-14-16(2)3)19-6-5-8-24-10-12-26-13-11-24/h15-16H,4-14H2,1-3H3,(H2,19,20,21). The fourth-order valence-corrected chi connectivity index (χ4v) is 2.82. The lowest BCUT2D eigenvalue weighted by atomic mass is 10.2. The minimum absolute atomic E-state index is 0.548.